The fourth-order valence-electron chi connectivity index (χ4n) is 2.55. The van der Waals surface area contributed by atoms with E-state index in [1.165, 1.54) is 0 Å². The topological polar surface area (TPSA) is 64.3 Å². The maximum atomic E-state index is 13.5. The number of carbonyl (C=O) groups is 1. The SMILES string of the molecule is Cc1ccc(Oc2ccc(NC(=O)c3cc(F)cc(F)c3N)cc2C)cc1. The van der Waals surface area contributed by atoms with E-state index in [0.29, 0.717) is 23.3 Å². The quantitative estimate of drug-likeness (QED) is 0.622. The summed E-state index contributed by atoms with van der Waals surface area (Å²) < 4.78 is 32.7. The van der Waals surface area contributed by atoms with Crippen LogP contribution in [0.5, 0.6) is 11.5 Å². The third-order valence-electron chi connectivity index (χ3n) is 4.02. The molecule has 0 radical (unpaired) electrons. The summed E-state index contributed by atoms with van der Waals surface area (Å²) in [6.45, 7) is 3.82. The molecular formula is C21H18F2N2O2. The van der Waals surface area contributed by atoms with E-state index >= 15 is 0 Å². The van der Waals surface area contributed by atoms with Gasteiger partial charge in [0.25, 0.3) is 5.91 Å². The number of hydrogen-bond acceptors (Lipinski definition) is 3. The van der Waals surface area contributed by atoms with Gasteiger partial charge in [0.2, 0.25) is 0 Å². The first-order valence-corrected chi connectivity index (χ1v) is 8.24. The van der Waals surface area contributed by atoms with Crippen molar-refractivity contribution in [1.82, 2.24) is 0 Å². The van der Waals surface area contributed by atoms with Crippen LogP contribution in [0.15, 0.2) is 54.6 Å². The van der Waals surface area contributed by atoms with Crippen LogP contribution in [0.3, 0.4) is 0 Å². The highest BCUT2D eigenvalue weighted by Crippen LogP contribution is 2.28. The Kier molecular flexibility index (Phi) is 5.07. The molecule has 0 atom stereocenters. The number of halogens is 2. The van der Waals surface area contributed by atoms with Crippen LogP contribution < -0.4 is 15.8 Å². The van der Waals surface area contributed by atoms with E-state index in [2.05, 4.69) is 5.32 Å². The van der Waals surface area contributed by atoms with Crippen molar-refractivity contribution < 1.29 is 18.3 Å². The number of rotatable bonds is 4. The molecule has 3 rings (SSSR count). The number of nitrogen functional groups attached to an aromatic ring is 1. The Morgan fingerprint density at radius 2 is 1.70 bits per heavy atom. The van der Waals surface area contributed by atoms with E-state index < -0.39 is 23.2 Å². The second kappa shape index (κ2) is 7.45. The maximum Gasteiger partial charge on any atom is 0.257 e. The fraction of sp³-hybridized carbons (Fsp3) is 0.0952. The molecule has 3 aromatic rings. The third-order valence-corrected chi connectivity index (χ3v) is 4.02. The van der Waals surface area contributed by atoms with Gasteiger partial charge in [0.1, 0.15) is 23.1 Å². The second-order valence-electron chi connectivity index (χ2n) is 6.20. The van der Waals surface area contributed by atoms with Crippen molar-refractivity contribution in [1.29, 1.82) is 0 Å². The van der Waals surface area contributed by atoms with Crippen LogP contribution in [0.1, 0.15) is 21.5 Å². The molecule has 3 aromatic carbocycles. The highest BCUT2D eigenvalue weighted by atomic mass is 19.1. The van der Waals surface area contributed by atoms with Crippen LogP contribution >= 0.6 is 0 Å². The smallest absolute Gasteiger partial charge is 0.257 e. The molecule has 0 aliphatic rings. The van der Waals surface area contributed by atoms with Gasteiger partial charge in [0.05, 0.1) is 11.3 Å². The predicted molar refractivity (Wildman–Crippen MR) is 101 cm³/mol. The van der Waals surface area contributed by atoms with Crippen LogP contribution in [0.25, 0.3) is 0 Å². The van der Waals surface area contributed by atoms with Crippen molar-refractivity contribution in [3.05, 3.63) is 82.9 Å². The number of amides is 1. The molecule has 0 aliphatic heterocycles. The van der Waals surface area contributed by atoms with E-state index in [9.17, 15) is 13.6 Å². The lowest BCUT2D eigenvalue weighted by molar-refractivity contribution is 0.102. The highest BCUT2D eigenvalue weighted by Gasteiger charge is 2.16. The Hall–Kier alpha value is -3.41. The second-order valence-corrected chi connectivity index (χ2v) is 6.20. The number of nitrogens with one attached hydrogen (secondary N) is 1. The van der Waals surface area contributed by atoms with Crippen molar-refractivity contribution in [3.8, 4) is 11.5 Å². The summed E-state index contributed by atoms with van der Waals surface area (Å²) in [6, 6.07) is 14.2. The minimum atomic E-state index is -0.974. The van der Waals surface area contributed by atoms with Gasteiger partial charge in [-0.15, -0.1) is 0 Å². The summed E-state index contributed by atoms with van der Waals surface area (Å²) in [5.74, 6) is -1.21. The summed E-state index contributed by atoms with van der Waals surface area (Å²) >= 11 is 0. The standard InChI is InChI=1S/C21H18F2N2O2/c1-12-3-6-16(7-4-12)27-19-8-5-15(9-13(19)2)25-21(26)17-10-14(22)11-18(23)20(17)24/h3-11H,24H2,1-2H3,(H,25,26). The lowest BCUT2D eigenvalue weighted by Gasteiger charge is -2.12. The van der Waals surface area contributed by atoms with Gasteiger partial charge in [0.15, 0.2) is 0 Å². The Labute approximate surface area is 155 Å². The minimum Gasteiger partial charge on any atom is -0.457 e. The molecule has 0 spiro atoms. The fourth-order valence-corrected chi connectivity index (χ4v) is 2.55. The first kappa shape index (κ1) is 18.4. The van der Waals surface area contributed by atoms with Crippen LogP contribution in [0.2, 0.25) is 0 Å². The number of anilines is 2. The van der Waals surface area contributed by atoms with Crippen molar-refractivity contribution in [3.63, 3.8) is 0 Å². The summed E-state index contributed by atoms with van der Waals surface area (Å²) in [4.78, 5) is 12.3. The number of benzene rings is 3. The van der Waals surface area contributed by atoms with Crippen molar-refractivity contribution in [2.45, 2.75) is 13.8 Å². The summed E-state index contributed by atoms with van der Waals surface area (Å²) in [6.07, 6.45) is 0. The molecule has 27 heavy (non-hydrogen) atoms. The van der Waals surface area contributed by atoms with Crippen molar-refractivity contribution in [2.75, 3.05) is 11.1 Å². The summed E-state index contributed by atoms with van der Waals surface area (Å²) in [5, 5.41) is 2.59. The predicted octanol–water partition coefficient (Wildman–Crippen LogP) is 5.21. The average molecular weight is 368 g/mol. The lowest BCUT2D eigenvalue weighted by Crippen LogP contribution is -2.15. The largest absolute Gasteiger partial charge is 0.457 e. The molecule has 0 bridgehead atoms. The average Bonchev–Trinajstić information content (AvgIpc) is 2.62. The first-order valence-electron chi connectivity index (χ1n) is 8.24. The van der Waals surface area contributed by atoms with Crippen LogP contribution in [0.4, 0.5) is 20.2 Å². The van der Waals surface area contributed by atoms with Gasteiger partial charge in [0, 0.05) is 11.8 Å². The molecule has 0 unspecified atom stereocenters. The number of ether oxygens (including phenoxy) is 1. The molecule has 6 heteroatoms. The van der Waals surface area contributed by atoms with E-state index in [1.54, 1.807) is 18.2 Å². The molecule has 0 saturated heterocycles. The van der Waals surface area contributed by atoms with Gasteiger partial charge < -0.3 is 15.8 Å². The van der Waals surface area contributed by atoms with E-state index in [0.717, 1.165) is 17.2 Å². The number of aryl methyl sites for hydroxylation is 2. The zero-order chi connectivity index (χ0) is 19.6. The Balaban J connectivity index is 1.78. The summed E-state index contributed by atoms with van der Waals surface area (Å²) in [7, 11) is 0. The Morgan fingerprint density at radius 1 is 1.00 bits per heavy atom. The molecule has 0 saturated carbocycles. The van der Waals surface area contributed by atoms with Crippen molar-refractivity contribution >= 4 is 17.3 Å². The third kappa shape index (κ3) is 4.23. The lowest BCUT2D eigenvalue weighted by atomic mass is 10.1. The molecule has 4 nitrogen and oxygen atoms in total. The van der Waals surface area contributed by atoms with Gasteiger partial charge in [-0.3, -0.25) is 4.79 Å². The van der Waals surface area contributed by atoms with Gasteiger partial charge in [-0.25, -0.2) is 8.78 Å². The van der Waals surface area contributed by atoms with Crippen molar-refractivity contribution in [2.24, 2.45) is 0 Å². The van der Waals surface area contributed by atoms with Gasteiger partial charge in [-0.2, -0.15) is 0 Å². The first-order chi connectivity index (χ1) is 12.8. The normalized spacial score (nSPS) is 10.5. The van der Waals surface area contributed by atoms with Gasteiger partial charge in [-0.05, 0) is 55.8 Å². The van der Waals surface area contributed by atoms with Crippen LogP contribution in [0, 0.1) is 25.5 Å². The van der Waals surface area contributed by atoms with E-state index in [1.807, 2.05) is 38.1 Å². The molecule has 138 valence electrons. The van der Waals surface area contributed by atoms with E-state index in [-0.39, 0.29) is 5.56 Å². The molecule has 1 amide bonds. The Bertz CT molecular complexity index is 1000. The maximum absolute atomic E-state index is 13.5. The van der Waals surface area contributed by atoms with Crippen LogP contribution in [-0.4, -0.2) is 5.91 Å². The number of hydrogen-bond donors (Lipinski definition) is 2. The number of carbonyl (C=O) groups excluding carboxylic acids is 1. The molecule has 0 aliphatic carbocycles. The number of nitrogens with two attached hydrogens (primary N) is 1. The zero-order valence-corrected chi connectivity index (χ0v) is 14.8. The summed E-state index contributed by atoms with van der Waals surface area (Å²) in [5.41, 5.74) is 7.25. The molecular weight excluding hydrogens is 350 g/mol. The molecule has 0 fully saturated rings. The highest BCUT2D eigenvalue weighted by molar-refractivity contribution is 6.07. The molecule has 0 aromatic heterocycles. The van der Waals surface area contributed by atoms with E-state index in [4.69, 9.17) is 10.5 Å². The van der Waals surface area contributed by atoms with Crippen LogP contribution in [-0.2, 0) is 0 Å². The monoisotopic (exact) mass is 368 g/mol. The zero-order valence-electron chi connectivity index (χ0n) is 14.8. The molecule has 3 N–H and O–H groups in total. The van der Waals surface area contributed by atoms with Gasteiger partial charge in [-0.1, -0.05) is 17.7 Å². The van der Waals surface area contributed by atoms with Gasteiger partial charge >= 0.3 is 0 Å². The molecule has 0 heterocycles. The Morgan fingerprint density at radius 3 is 2.37 bits per heavy atom. The minimum absolute atomic E-state index is 0.259.